The number of oxazole rings is 1. The van der Waals surface area contributed by atoms with Gasteiger partial charge in [-0.1, -0.05) is 158 Å². The summed E-state index contributed by atoms with van der Waals surface area (Å²) in [5, 5.41) is 2.49. The monoisotopic (exact) mass is 1150 g/mol. The average molecular weight is 1150 g/mol. The number of carbonyl (C=O) groups excluding carboxylic acids is 3. The van der Waals surface area contributed by atoms with Gasteiger partial charge in [0.15, 0.2) is 12.7 Å². The minimum Gasteiger partial charge on any atom is -0.448 e. The highest BCUT2D eigenvalue weighted by Crippen LogP contribution is 2.43. The average Bonchev–Trinajstić information content (AvgIpc) is 4.43. The molecule has 7 aromatic rings. The van der Waals surface area contributed by atoms with E-state index in [4.69, 9.17) is 11.0 Å². The molecular formula is C63H59F12N3O4. The lowest BCUT2D eigenvalue weighted by Crippen LogP contribution is -2.24. The van der Waals surface area contributed by atoms with Crippen molar-refractivity contribution in [3.63, 3.8) is 0 Å². The van der Waals surface area contributed by atoms with Crippen LogP contribution in [0.2, 0.25) is 0 Å². The molecule has 7 nitrogen and oxygen atoms in total. The van der Waals surface area contributed by atoms with E-state index in [1.54, 1.807) is 12.1 Å². The number of amides is 1. The number of hydrogen-bond donors (Lipinski definition) is 1. The van der Waals surface area contributed by atoms with Crippen molar-refractivity contribution in [2.24, 2.45) is 5.92 Å². The summed E-state index contributed by atoms with van der Waals surface area (Å²) < 4.78 is 159. The molecule has 9 rings (SSSR count). The van der Waals surface area contributed by atoms with Crippen LogP contribution in [-0.4, -0.2) is 24.0 Å². The molecule has 1 N–H and O–H groups in total. The fourth-order valence-corrected chi connectivity index (χ4v) is 9.40. The second-order valence-electron chi connectivity index (χ2n) is 19.5. The maximum absolute atomic E-state index is 13.1. The second-order valence-corrected chi connectivity index (χ2v) is 19.5. The van der Waals surface area contributed by atoms with Gasteiger partial charge >= 0.3 is 24.7 Å². The third-order valence-electron chi connectivity index (χ3n) is 13.6. The molecule has 0 aliphatic heterocycles. The van der Waals surface area contributed by atoms with Gasteiger partial charge in [-0.05, 0) is 86.9 Å². The van der Waals surface area contributed by atoms with Crippen LogP contribution in [0.25, 0.3) is 16.1 Å². The second kappa shape index (κ2) is 30.2. The van der Waals surface area contributed by atoms with E-state index in [0.29, 0.717) is 30.2 Å². The highest BCUT2D eigenvalue weighted by molar-refractivity contribution is 5.77. The number of nitrogens with zero attached hydrogens (tertiary/aromatic N) is 2. The quantitative estimate of drug-likeness (QED) is 0.0747. The van der Waals surface area contributed by atoms with E-state index in [1.807, 2.05) is 62.4 Å². The molecule has 2 saturated carbocycles. The number of hydrogen-bond acceptors (Lipinski definition) is 5. The molecule has 6 aromatic carbocycles. The molecule has 2 fully saturated rings. The van der Waals surface area contributed by atoms with E-state index in [9.17, 15) is 67.1 Å². The Morgan fingerprint density at radius 2 is 1.00 bits per heavy atom. The Balaban J connectivity index is 0.000000195. The molecule has 82 heavy (non-hydrogen) atoms. The molecule has 19 heteroatoms. The molecule has 2 aliphatic rings. The number of aryl methyl sites for hydroxylation is 2. The molecule has 0 saturated heterocycles. The summed E-state index contributed by atoms with van der Waals surface area (Å²) >= 11 is 0. The van der Waals surface area contributed by atoms with Crippen LogP contribution in [-0.2, 0) is 47.1 Å². The van der Waals surface area contributed by atoms with Gasteiger partial charge in [0, 0.05) is 28.5 Å². The van der Waals surface area contributed by atoms with Crippen LogP contribution < -0.4 is 5.32 Å². The van der Waals surface area contributed by atoms with Crippen molar-refractivity contribution >= 4 is 19.0 Å². The van der Waals surface area contributed by atoms with Gasteiger partial charge in [-0.15, -0.1) is 0 Å². The minimum atomic E-state index is -4.45. The molecule has 1 amide bonds. The zero-order chi connectivity index (χ0) is 60.1. The molecule has 2 aliphatic carbocycles. The van der Waals surface area contributed by atoms with Crippen LogP contribution in [0, 0.1) is 26.3 Å². The van der Waals surface area contributed by atoms with Crippen molar-refractivity contribution in [2.45, 2.75) is 121 Å². The Bertz CT molecular complexity index is 3150. The first-order valence-corrected chi connectivity index (χ1v) is 26.1. The lowest BCUT2D eigenvalue weighted by molar-refractivity contribution is -0.139. The lowest BCUT2D eigenvalue weighted by atomic mass is 9.94. The third-order valence-corrected chi connectivity index (χ3v) is 13.6. The fourth-order valence-electron chi connectivity index (χ4n) is 9.40. The SMILES string of the molecule is Cc1ccc(CC(NC=O)c2ccccc2C(F)(F)F)cc1.FC(F)(F)c1ccccc1-c1ncoc1C1CCCC1.O=CC1CCCC1.O=Cc1ccccc1C(F)(F)F.[C-]#[N+]C(Cc1ccc(C)cc1)c1ccccc1C(F)(F)F. The topological polar surface area (TPSA) is 93.6 Å². The van der Waals surface area contributed by atoms with E-state index in [-0.39, 0.29) is 40.9 Å². The highest BCUT2D eigenvalue weighted by Gasteiger charge is 2.39. The molecule has 0 spiro atoms. The maximum atomic E-state index is 13.1. The first-order chi connectivity index (χ1) is 38.9. The number of rotatable bonds is 12. The van der Waals surface area contributed by atoms with Crippen LogP contribution in [0.4, 0.5) is 52.7 Å². The smallest absolute Gasteiger partial charge is 0.417 e. The number of aromatic nitrogens is 1. The predicted octanol–water partition coefficient (Wildman–Crippen LogP) is 18.2. The van der Waals surface area contributed by atoms with Crippen LogP contribution in [0.1, 0.15) is 141 Å². The molecular weight excluding hydrogens is 1090 g/mol. The standard InChI is InChI=1S/C17H16F3NO.C17H14F3N.C15H14F3NO.C8H5F3O.C6H10O/c1-12-6-8-13(9-7-12)10-16(21-11-22)14-4-2-3-5-15(14)17(18,19)20;1-12-7-9-13(10-8-12)11-16(21-2)14-5-3-4-6-15(14)17(18,19)20;16-15(17,18)12-8-4-3-7-11(12)13-14(20-9-19-13)10-5-1-2-6-10;9-8(10,11)7-4-2-1-3-6(7)5-12;7-5-6-3-1-2-4-6/h2-9,11,16H,10H2,1H3,(H,21,22);3-10,16H,11H2,1H3;3-4,7-10H,1-2,5-6H2;1-5H;5-6H,1-4H2. The molecule has 0 radical (unpaired) electrons. The van der Waals surface area contributed by atoms with Crippen LogP contribution in [0.5, 0.6) is 0 Å². The first kappa shape index (κ1) is 64.8. The number of alkyl halides is 12. The summed E-state index contributed by atoms with van der Waals surface area (Å²) in [6, 6.07) is 34.2. The van der Waals surface area contributed by atoms with Gasteiger partial charge in [-0.25, -0.2) is 11.6 Å². The Labute approximate surface area is 467 Å². The van der Waals surface area contributed by atoms with E-state index in [0.717, 1.165) is 97.4 Å². The molecule has 1 heterocycles. The Morgan fingerprint density at radius 3 is 1.46 bits per heavy atom. The largest absolute Gasteiger partial charge is 0.448 e. The van der Waals surface area contributed by atoms with Crippen molar-refractivity contribution in [1.29, 1.82) is 0 Å². The van der Waals surface area contributed by atoms with Gasteiger partial charge in [-0.2, -0.15) is 52.7 Å². The summed E-state index contributed by atoms with van der Waals surface area (Å²) in [6.07, 6.45) is -5.27. The van der Waals surface area contributed by atoms with Gasteiger partial charge in [-0.3, -0.25) is 9.59 Å². The summed E-state index contributed by atoms with van der Waals surface area (Å²) in [4.78, 5) is 38.4. The third kappa shape index (κ3) is 19.3. The summed E-state index contributed by atoms with van der Waals surface area (Å²) in [5.41, 5.74) is 1.11. The zero-order valence-electron chi connectivity index (χ0n) is 44.6. The van der Waals surface area contributed by atoms with Gasteiger partial charge < -0.3 is 19.4 Å². The molecule has 1 aromatic heterocycles. The van der Waals surface area contributed by atoms with Crippen LogP contribution in [0.15, 0.2) is 156 Å². The number of aldehydes is 2. The highest BCUT2D eigenvalue weighted by atomic mass is 19.4. The van der Waals surface area contributed by atoms with Gasteiger partial charge in [0.05, 0.1) is 34.7 Å². The molecule has 434 valence electrons. The Kier molecular flexibility index (Phi) is 23.8. The minimum absolute atomic E-state index is 0.0422. The summed E-state index contributed by atoms with van der Waals surface area (Å²) in [6.45, 7) is 11.1. The van der Waals surface area contributed by atoms with Crippen molar-refractivity contribution in [1.82, 2.24) is 10.3 Å². The van der Waals surface area contributed by atoms with Gasteiger partial charge in [0.25, 0.3) is 6.04 Å². The lowest BCUT2D eigenvalue weighted by Gasteiger charge is -2.21. The Morgan fingerprint density at radius 1 is 0.561 bits per heavy atom. The number of halogens is 12. The van der Waals surface area contributed by atoms with E-state index < -0.39 is 59.0 Å². The fraction of sp³-hybridized carbons (Fsp3) is 0.317. The van der Waals surface area contributed by atoms with Gasteiger partial charge in [0.1, 0.15) is 17.7 Å². The van der Waals surface area contributed by atoms with Crippen molar-refractivity contribution in [2.75, 3.05) is 0 Å². The van der Waals surface area contributed by atoms with Crippen LogP contribution >= 0.6 is 0 Å². The van der Waals surface area contributed by atoms with Gasteiger partial charge in [0.2, 0.25) is 6.41 Å². The van der Waals surface area contributed by atoms with E-state index >= 15 is 0 Å². The van der Waals surface area contributed by atoms with Crippen molar-refractivity contribution < 1.29 is 71.5 Å². The van der Waals surface area contributed by atoms with Crippen molar-refractivity contribution in [3.05, 3.63) is 230 Å². The van der Waals surface area contributed by atoms with Crippen LogP contribution in [0.3, 0.4) is 0 Å². The summed E-state index contributed by atoms with van der Waals surface area (Å²) in [7, 11) is 0. The molecule has 2 atom stereocenters. The van der Waals surface area contributed by atoms with E-state index in [2.05, 4.69) is 15.1 Å². The van der Waals surface area contributed by atoms with E-state index in [1.165, 1.54) is 73.8 Å². The molecule has 2 unspecified atom stereocenters. The first-order valence-electron chi connectivity index (χ1n) is 26.1. The van der Waals surface area contributed by atoms with Crippen molar-refractivity contribution in [3.8, 4) is 11.3 Å². The summed E-state index contributed by atoms with van der Waals surface area (Å²) in [5.74, 6) is 1.20. The molecule has 0 bridgehead atoms. The zero-order valence-corrected chi connectivity index (χ0v) is 44.6. The Hall–Kier alpha value is -8.01. The normalized spacial score (nSPS) is 14.4. The predicted molar refractivity (Wildman–Crippen MR) is 287 cm³/mol. The number of benzene rings is 6. The maximum Gasteiger partial charge on any atom is 0.417 e. The number of carbonyl (C=O) groups is 3. The number of nitrogens with one attached hydrogen (secondary N) is 1.